The molecule has 0 aromatic carbocycles. The van der Waals surface area contributed by atoms with E-state index in [-0.39, 0.29) is 5.91 Å². The lowest BCUT2D eigenvalue weighted by Crippen LogP contribution is -2.32. The van der Waals surface area contributed by atoms with E-state index in [1.165, 1.54) is 11.8 Å². The smallest absolute Gasteiger partial charge is 0.233 e. The maximum atomic E-state index is 11.9. The van der Waals surface area contributed by atoms with Crippen LogP contribution in [0.2, 0.25) is 0 Å². The molecule has 0 aliphatic heterocycles. The zero-order valence-corrected chi connectivity index (χ0v) is 12.7. The first-order valence-electron chi connectivity index (χ1n) is 6.70. The Morgan fingerprint density at radius 3 is 2.53 bits per heavy atom. The number of nitrogens with two attached hydrogens (primary N) is 1. The molecule has 6 nitrogen and oxygen atoms in total. The second-order valence-corrected chi connectivity index (χ2v) is 5.05. The molecule has 7 heteroatoms. The van der Waals surface area contributed by atoms with Gasteiger partial charge in [-0.1, -0.05) is 18.7 Å². The highest BCUT2D eigenvalue weighted by Gasteiger charge is 2.15. The number of hydrogen-bond donors (Lipinski definition) is 1. The molecule has 1 heterocycles. The molecular formula is C12H23N5OS. The molecule has 0 spiro atoms. The molecule has 108 valence electrons. The lowest BCUT2D eigenvalue weighted by Gasteiger charge is -2.18. The summed E-state index contributed by atoms with van der Waals surface area (Å²) in [5, 5.41) is 8.95. The van der Waals surface area contributed by atoms with Crippen LogP contribution in [-0.4, -0.2) is 44.4 Å². The molecule has 0 aliphatic rings. The van der Waals surface area contributed by atoms with Gasteiger partial charge in [0.25, 0.3) is 0 Å². The van der Waals surface area contributed by atoms with Crippen LogP contribution in [0.5, 0.6) is 0 Å². The Labute approximate surface area is 118 Å². The van der Waals surface area contributed by atoms with Crippen LogP contribution in [0.1, 0.15) is 33.0 Å². The summed E-state index contributed by atoms with van der Waals surface area (Å²) in [5.74, 6) is 1.31. The lowest BCUT2D eigenvalue weighted by molar-refractivity contribution is -0.127. The van der Waals surface area contributed by atoms with Crippen LogP contribution in [0.3, 0.4) is 0 Å². The van der Waals surface area contributed by atoms with Crippen molar-refractivity contribution in [3.05, 3.63) is 5.82 Å². The van der Waals surface area contributed by atoms with E-state index in [4.69, 9.17) is 5.73 Å². The molecule has 19 heavy (non-hydrogen) atoms. The SMILES string of the molecule is CCCn1c(CN)nnc1SCC(=O)N(CC)CC. The number of carbonyl (C=O) groups excluding carboxylic acids is 1. The fourth-order valence-corrected chi connectivity index (χ4v) is 2.71. The summed E-state index contributed by atoms with van der Waals surface area (Å²) in [7, 11) is 0. The van der Waals surface area contributed by atoms with Crippen molar-refractivity contribution in [3.8, 4) is 0 Å². The number of thioether (sulfide) groups is 1. The maximum Gasteiger partial charge on any atom is 0.233 e. The fourth-order valence-electron chi connectivity index (χ4n) is 1.82. The van der Waals surface area contributed by atoms with Crippen molar-refractivity contribution >= 4 is 17.7 Å². The standard InChI is InChI=1S/C12H23N5OS/c1-4-7-17-10(8-13)14-15-12(17)19-9-11(18)16(5-2)6-3/h4-9,13H2,1-3H3. The topological polar surface area (TPSA) is 77.0 Å². The number of aromatic nitrogens is 3. The highest BCUT2D eigenvalue weighted by molar-refractivity contribution is 7.99. The molecular weight excluding hydrogens is 262 g/mol. The Morgan fingerprint density at radius 2 is 2.00 bits per heavy atom. The first kappa shape index (κ1) is 16.0. The molecule has 0 saturated heterocycles. The van der Waals surface area contributed by atoms with Crippen LogP contribution in [0.15, 0.2) is 5.16 Å². The van der Waals surface area contributed by atoms with E-state index in [1.807, 2.05) is 23.3 Å². The monoisotopic (exact) mass is 285 g/mol. The van der Waals surface area contributed by atoms with Crippen LogP contribution in [-0.2, 0) is 17.9 Å². The summed E-state index contributed by atoms with van der Waals surface area (Å²) in [6, 6.07) is 0. The Balaban J connectivity index is 2.67. The van der Waals surface area contributed by atoms with Gasteiger partial charge in [-0.15, -0.1) is 10.2 Å². The van der Waals surface area contributed by atoms with E-state index in [0.717, 1.165) is 37.0 Å². The van der Waals surface area contributed by atoms with Gasteiger partial charge in [-0.05, 0) is 20.3 Å². The van der Waals surface area contributed by atoms with Gasteiger partial charge in [0.15, 0.2) is 5.16 Å². The van der Waals surface area contributed by atoms with Gasteiger partial charge >= 0.3 is 0 Å². The van der Waals surface area contributed by atoms with Crippen molar-refractivity contribution in [3.63, 3.8) is 0 Å². The Bertz CT molecular complexity index is 403. The van der Waals surface area contributed by atoms with Crippen molar-refractivity contribution < 1.29 is 4.79 Å². The molecule has 0 bridgehead atoms. The summed E-state index contributed by atoms with van der Waals surface area (Å²) in [6.07, 6.45) is 0.989. The average Bonchev–Trinajstić information content (AvgIpc) is 2.80. The predicted octanol–water partition coefficient (Wildman–Crippen LogP) is 1.11. The van der Waals surface area contributed by atoms with Crippen molar-refractivity contribution in [2.45, 2.75) is 45.4 Å². The molecule has 2 N–H and O–H groups in total. The molecule has 1 amide bonds. The summed E-state index contributed by atoms with van der Waals surface area (Å²) >= 11 is 1.43. The number of rotatable bonds is 8. The van der Waals surface area contributed by atoms with E-state index in [0.29, 0.717) is 12.3 Å². The van der Waals surface area contributed by atoms with Gasteiger partial charge in [-0.25, -0.2) is 0 Å². The minimum absolute atomic E-state index is 0.135. The van der Waals surface area contributed by atoms with Crippen LogP contribution in [0.4, 0.5) is 0 Å². The maximum absolute atomic E-state index is 11.9. The lowest BCUT2D eigenvalue weighted by atomic mass is 10.4. The van der Waals surface area contributed by atoms with Gasteiger partial charge in [-0.2, -0.15) is 0 Å². The van der Waals surface area contributed by atoms with Crippen molar-refractivity contribution in [1.29, 1.82) is 0 Å². The first-order valence-corrected chi connectivity index (χ1v) is 7.69. The third-order valence-corrected chi connectivity index (χ3v) is 3.82. The summed E-state index contributed by atoms with van der Waals surface area (Å²) < 4.78 is 2.00. The quantitative estimate of drug-likeness (QED) is 0.724. The molecule has 0 saturated carbocycles. The van der Waals surface area contributed by atoms with E-state index in [9.17, 15) is 4.79 Å². The minimum Gasteiger partial charge on any atom is -0.343 e. The van der Waals surface area contributed by atoms with Gasteiger partial charge in [-0.3, -0.25) is 4.79 Å². The molecule has 1 aromatic rings. The van der Waals surface area contributed by atoms with Crippen LogP contribution in [0.25, 0.3) is 0 Å². The van der Waals surface area contributed by atoms with Crippen LogP contribution in [0, 0.1) is 0 Å². The second kappa shape index (κ2) is 8.16. The van der Waals surface area contributed by atoms with Gasteiger partial charge in [0.1, 0.15) is 5.82 Å². The highest BCUT2D eigenvalue weighted by atomic mass is 32.2. The van der Waals surface area contributed by atoms with Crippen LogP contribution >= 0.6 is 11.8 Å². The molecule has 1 rings (SSSR count). The largest absolute Gasteiger partial charge is 0.343 e. The number of hydrogen-bond acceptors (Lipinski definition) is 5. The molecule has 0 fully saturated rings. The zero-order valence-electron chi connectivity index (χ0n) is 11.9. The Hall–Kier alpha value is -1.08. The molecule has 0 atom stereocenters. The van der Waals surface area contributed by atoms with Gasteiger partial charge in [0.05, 0.1) is 12.3 Å². The fraction of sp³-hybridized carbons (Fsp3) is 0.750. The van der Waals surface area contributed by atoms with E-state index in [2.05, 4.69) is 17.1 Å². The number of carbonyl (C=O) groups is 1. The molecule has 0 unspecified atom stereocenters. The van der Waals surface area contributed by atoms with Crippen LogP contribution < -0.4 is 5.73 Å². The zero-order chi connectivity index (χ0) is 14.3. The van der Waals surface area contributed by atoms with E-state index < -0.39 is 0 Å². The Kier molecular flexibility index (Phi) is 6.86. The highest BCUT2D eigenvalue weighted by Crippen LogP contribution is 2.18. The summed E-state index contributed by atoms with van der Waals surface area (Å²) in [5.41, 5.74) is 5.63. The third kappa shape index (κ3) is 4.21. The third-order valence-electron chi connectivity index (χ3n) is 2.86. The summed E-state index contributed by atoms with van der Waals surface area (Å²) in [4.78, 5) is 13.8. The normalized spacial score (nSPS) is 10.7. The predicted molar refractivity (Wildman–Crippen MR) is 76.9 cm³/mol. The summed E-state index contributed by atoms with van der Waals surface area (Å²) in [6.45, 7) is 8.75. The molecule has 1 aromatic heterocycles. The van der Waals surface area contributed by atoms with E-state index >= 15 is 0 Å². The Morgan fingerprint density at radius 1 is 1.32 bits per heavy atom. The van der Waals surface area contributed by atoms with Crippen molar-refractivity contribution in [2.24, 2.45) is 5.73 Å². The first-order chi connectivity index (χ1) is 9.17. The van der Waals surface area contributed by atoms with Gasteiger partial charge in [0.2, 0.25) is 5.91 Å². The van der Waals surface area contributed by atoms with Gasteiger partial charge in [0, 0.05) is 19.6 Å². The number of amides is 1. The average molecular weight is 285 g/mol. The molecule has 0 radical (unpaired) electrons. The van der Waals surface area contributed by atoms with Crippen molar-refractivity contribution in [1.82, 2.24) is 19.7 Å². The minimum atomic E-state index is 0.135. The van der Waals surface area contributed by atoms with Crippen molar-refractivity contribution in [2.75, 3.05) is 18.8 Å². The van der Waals surface area contributed by atoms with E-state index in [1.54, 1.807) is 0 Å². The molecule has 0 aliphatic carbocycles. The second-order valence-electron chi connectivity index (χ2n) is 4.11. The van der Waals surface area contributed by atoms with Gasteiger partial charge < -0.3 is 15.2 Å². The number of nitrogens with zero attached hydrogens (tertiary/aromatic N) is 4.